The Kier molecular flexibility index (Phi) is 4.01. The van der Waals surface area contributed by atoms with Crippen LogP contribution in [0.15, 0.2) is 18.5 Å². The van der Waals surface area contributed by atoms with E-state index in [9.17, 15) is 22.8 Å². The third-order valence-electron chi connectivity index (χ3n) is 3.84. The number of alkyl halides is 3. The van der Waals surface area contributed by atoms with Crippen LogP contribution in [0.5, 0.6) is 0 Å². The zero-order chi connectivity index (χ0) is 18.4. The summed E-state index contributed by atoms with van der Waals surface area (Å²) in [6.45, 7) is 1.00. The highest BCUT2D eigenvalue weighted by atomic mass is 19.4. The lowest BCUT2D eigenvalue weighted by molar-refractivity contribution is -0.172. The molecule has 0 bridgehead atoms. The number of rotatable bonds is 3. The van der Waals surface area contributed by atoms with E-state index in [1.54, 1.807) is 6.92 Å². The molecular formula is C14H14F3N5O3. The van der Waals surface area contributed by atoms with Crippen LogP contribution in [0.1, 0.15) is 28.5 Å². The van der Waals surface area contributed by atoms with Crippen molar-refractivity contribution in [1.82, 2.24) is 19.6 Å². The maximum Gasteiger partial charge on any atom is 0.410 e. The fourth-order valence-corrected chi connectivity index (χ4v) is 2.78. The van der Waals surface area contributed by atoms with Crippen molar-refractivity contribution < 1.29 is 27.9 Å². The van der Waals surface area contributed by atoms with E-state index in [0.717, 1.165) is 9.36 Å². The summed E-state index contributed by atoms with van der Waals surface area (Å²) in [4.78, 5) is 24.5. The molecule has 8 nitrogen and oxygen atoms in total. The fraction of sp³-hybridized carbons (Fsp3) is 0.429. The van der Waals surface area contributed by atoms with Crippen molar-refractivity contribution in [1.29, 1.82) is 0 Å². The van der Waals surface area contributed by atoms with Gasteiger partial charge in [0.1, 0.15) is 12.4 Å². The van der Waals surface area contributed by atoms with Gasteiger partial charge in [-0.25, -0.2) is 4.68 Å². The largest absolute Gasteiger partial charge is 0.480 e. The van der Waals surface area contributed by atoms with Gasteiger partial charge in [0.25, 0.3) is 5.91 Å². The van der Waals surface area contributed by atoms with E-state index in [4.69, 9.17) is 5.11 Å². The van der Waals surface area contributed by atoms with Gasteiger partial charge in [0.2, 0.25) is 0 Å². The van der Waals surface area contributed by atoms with Gasteiger partial charge in [-0.15, -0.1) is 0 Å². The number of carbonyl (C=O) groups excluding carboxylic acids is 1. The Morgan fingerprint density at radius 3 is 2.76 bits per heavy atom. The first-order chi connectivity index (χ1) is 11.7. The smallest absolute Gasteiger partial charge is 0.410 e. The van der Waals surface area contributed by atoms with Gasteiger partial charge < -0.3 is 5.11 Å². The normalized spacial score (nSPS) is 17.4. The summed E-state index contributed by atoms with van der Waals surface area (Å²) in [5.41, 5.74) is 0.461. The van der Waals surface area contributed by atoms with Crippen LogP contribution in [0.2, 0.25) is 0 Å². The van der Waals surface area contributed by atoms with E-state index >= 15 is 0 Å². The van der Waals surface area contributed by atoms with Crippen LogP contribution in [0.25, 0.3) is 0 Å². The van der Waals surface area contributed by atoms with Gasteiger partial charge in [0.05, 0.1) is 17.5 Å². The van der Waals surface area contributed by atoms with Crippen LogP contribution >= 0.6 is 0 Å². The van der Waals surface area contributed by atoms with Crippen molar-refractivity contribution in [2.45, 2.75) is 32.1 Å². The van der Waals surface area contributed by atoms with E-state index in [-0.39, 0.29) is 24.3 Å². The van der Waals surface area contributed by atoms with E-state index in [1.165, 1.54) is 23.4 Å². The molecule has 1 amide bonds. The first-order valence-electron chi connectivity index (χ1n) is 7.36. The molecule has 0 aromatic carbocycles. The lowest BCUT2D eigenvalue weighted by Gasteiger charge is -2.33. The molecule has 0 saturated heterocycles. The van der Waals surface area contributed by atoms with Gasteiger partial charge >= 0.3 is 12.1 Å². The molecule has 1 atom stereocenters. The van der Waals surface area contributed by atoms with Crippen molar-refractivity contribution >= 4 is 17.7 Å². The highest BCUT2D eigenvalue weighted by molar-refractivity contribution is 6.05. The molecule has 1 aliphatic rings. The number of fused-ring (bicyclic) bond motifs is 1. The third-order valence-corrected chi connectivity index (χ3v) is 3.84. The maximum atomic E-state index is 13.2. The van der Waals surface area contributed by atoms with Crippen LogP contribution in [0.4, 0.5) is 19.0 Å². The minimum atomic E-state index is -4.46. The molecule has 11 heteroatoms. The van der Waals surface area contributed by atoms with Crippen molar-refractivity contribution in [3.8, 4) is 0 Å². The number of aromatic nitrogens is 4. The lowest BCUT2D eigenvalue weighted by Crippen LogP contribution is -2.43. The standard InChI is InChI=1S/C14H14F3N5O3/c1-8-4-11-21(3-2-10(14(15,16)17)22(11)19-8)13(25)9-5-18-20(6-9)7-12(23)24/h4-6,10H,2-3,7H2,1H3,(H,23,24). The van der Waals surface area contributed by atoms with Gasteiger partial charge in [-0.1, -0.05) is 0 Å². The molecule has 0 aliphatic carbocycles. The van der Waals surface area contributed by atoms with Crippen molar-refractivity contribution in [3.05, 3.63) is 29.7 Å². The average Bonchev–Trinajstić information content (AvgIpc) is 3.09. The SMILES string of the molecule is Cc1cc2n(n1)C(C(F)(F)F)CCN2C(=O)c1cnn(CC(=O)O)c1. The Bertz CT molecular complexity index is 826. The summed E-state index contributed by atoms with van der Waals surface area (Å²) in [6, 6.07) is -0.368. The lowest BCUT2D eigenvalue weighted by atomic mass is 10.1. The summed E-state index contributed by atoms with van der Waals surface area (Å²) in [7, 11) is 0. The van der Waals surface area contributed by atoms with Crippen LogP contribution in [-0.4, -0.2) is 49.3 Å². The van der Waals surface area contributed by atoms with Crippen molar-refractivity contribution in [2.24, 2.45) is 0 Å². The molecule has 0 spiro atoms. The van der Waals surface area contributed by atoms with Crippen LogP contribution in [0.3, 0.4) is 0 Å². The number of carbonyl (C=O) groups is 2. The van der Waals surface area contributed by atoms with Gasteiger partial charge in [-0.2, -0.15) is 23.4 Å². The molecule has 1 aliphatic heterocycles. The number of amides is 1. The molecule has 0 saturated carbocycles. The zero-order valence-corrected chi connectivity index (χ0v) is 13.1. The fourth-order valence-electron chi connectivity index (χ4n) is 2.78. The van der Waals surface area contributed by atoms with E-state index < -0.39 is 30.6 Å². The summed E-state index contributed by atoms with van der Waals surface area (Å²) >= 11 is 0. The summed E-state index contributed by atoms with van der Waals surface area (Å²) in [6.07, 6.45) is -2.34. The summed E-state index contributed by atoms with van der Waals surface area (Å²) in [5, 5.41) is 16.4. The first kappa shape index (κ1) is 17.0. The van der Waals surface area contributed by atoms with Gasteiger partial charge in [-0.3, -0.25) is 19.2 Å². The number of carboxylic acid groups (broad SMARTS) is 1. The third kappa shape index (κ3) is 3.21. The number of anilines is 1. The molecule has 2 aromatic rings. The molecule has 0 fully saturated rings. The van der Waals surface area contributed by atoms with E-state index in [0.29, 0.717) is 5.69 Å². The molecule has 1 unspecified atom stereocenters. The monoisotopic (exact) mass is 357 g/mol. The molecule has 1 N–H and O–H groups in total. The predicted octanol–water partition coefficient (Wildman–Crippen LogP) is 1.63. The second-order valence-corrected chi connectivity index (χ2v) is 5.71. The Balaban J connectivity index is 1.91. The van der Waals surface area contributed by atoms with Crippen molar-refractivity contribution in [3.63, 3.8) is 0 Å². The number of carboxylic acids is 1. The highest BCUT2D eigenvalue weighted by Gasteiger charge is 2.46. The highest BCUT2D eigenvalue weighted by Crippen LogP contribution is 2.39. The van der Waals surface area contributed by atoms with Gasteiger partial charge in [-0.05, 0) is 13.3 Å². The molecule has 3 heterocycles. The van der Waals surface area contributed by atoms with Crippen LogP contribution in [0, 0.1) is 6.92 Å². The van der Waals surface area contributed by atoms with Gasteiger partial charge in [0, 0.05) is 18.8 Å². The second kappa shape index (κ2) is 5.90. The second-order valence-electron chi connectivity index (χ2n) is 5.71. The number of hydrogen-bond donors (Lipinski definition) is 1. The number of hydrogen-bond acceptors (Lipinski definition) is 4. The molecule has 25 heavy (non-hydrogen) atoms. The van der Waals surface area contributed by atoms with E-state index in [2.05, 4.69) is 10.2 Å². The minimum absolute atomic E-state index is 0.0575. The first-order valence-corrected chi connectivity index (χ1v) is 7.36. The van der Waals surface area contributed by atoms with Crippen LogP contribution < -0.4 is 4.90 Å². The van der Waals surface area contributed by atoms with Gasteiger partial charge in [0.15, 0.2) is 6.04 Å². The molecule has 134 valence electrons. The van der Waals surface area contributed by atoms with Crippen molar-refractivity contribution in [2.75, 3.05) is 11.4 Å². The predicted molar refractivity (Wildman–Crippen MR) is 78.2 cm³/mol. The quantitative estimate of drug-likeness (QED) is 0.901. The number of aliphatic carboxylic acids is 1. The number of aryl methyl sites for hydroxylation is 1. The number of halogens is 3. The molecular weight excluding hydrogens is 343 g/mol. The Morgan fingerprint density at radius 1 is 1.40 bits per heavy atom. The van der Waals surface area contributed by atoms with E-state index in [1.807, 2.05) is 0 Å². The summed E-state index contributed by atoms with van der Waals surface area (Å²) < 4.78 is 41.4. The maximum absolute atomic E-state index is 13.2. The summed E-state index contributed by atoms with van der Waals surface area (Å²) in [5.74, 6) is -1.62. The molecule has 0 radical (unpaired) electrons. The Labute approximate surface area is 139 Å². The zero-order valence-electron chi connectivity index (χ0n) is 13.1. The molecule has 2 aromatic heterocycles. The average molecular weight is 357 g/mol. The topological polar surface area (TPSA) is 93.3 Å². The van der Waals surface area contributed by atoms with Crippen LogP contribution in [-0.2, 0) is 11.3 Å². The molecule has 3 rings (SSSR count). The minimum Gasteiger partial charge on any atom is -0.480 e. The Morgan fingerprint density at radius 2 is 2.12 bits per heavy atom. The Hall–Kier alpha value is -2.85. The number of nitrogens with zero attached hydrogens (tertiary/aromatic N) is 5.